The molecule has 0 saturated heterocycles. The molecular weight excluding hydrogens is 365 g/mol. The summed E-state index contributed by atoms with van der Waals surface area (Å²) in [4.78, 5) is 24.3. The summed E-state index contributed by atoms with van der Waals surface area (Å²) in [7, 11) is 1.82. The van der Waals surface area contributed by atoms with E-state index in [0.29, 0.717) is 5.69 Å². The molecule has 146 valence electrons. The number of nitrogens with zero attached hydrogens (tertiary/aromatic N) is 5. The number of aryl methyl sites for hydroxylation is 2. The van der Waals surface area contributed by atoms with Crippen molar-refractivity contribution in [2.24, 2.45) is 7.05 Å². The topological polar surface area (TPSA) is 121 Å². The van der Waals surface area contributed by atoms with Crippen LogP contribution in [0.25, 0.3) is 0 Å². The minimum Gasteiger partial charge on any atom is -0.457 e. The number of aromatic nitrogens is 5. The Bertz CT molecular complexity index is 1000. The smallest absolute Gasteiger partial charge is 0.310 e. The maximum atomic E-state index is 13.0. The molecule has 2 heterocycles. The zero-order chi connectivity index (χ0) is 20.3. The lowest BCUT2D eigenvalue weighted by Gasteiger charge is -2.08. The van der Waals surface area contributed by atoms with Gasteiger partial charge in [0.15, 0.2) is 12.4 Å². The third-order valence-corrected chi connectivity index (χ3v) is 4.14. The van der Waals surface area contributed by atoms with Gasteiger partial charge >= 0.3 is 5.97 Å². The predicted molar refractivity (Wildman–Crippen MR) is 100 cm³/mol. The lowest BCUT2D eigenvalue weighted by atomic mass is 10.1. The maximum absolute atomic E-state index is 13.0. The van der Waals surface area contributed by atoms with E-state index >= 15 is 0 Å². The highest BCUT2D eigenvalue weighted by molar-refractivity contribution is 5.73. The molecule has 0 aliphatic carbocycles. The Morgan fingerprint density at radius 3 is 2.57 bits per heavy atom. The monoisotopic (exact) mass is 385 g/mol. The third kappa shape index (κ3) is 4.58. The van der Waals surface area contributed by atoms with Crippen LogP contribution in [0.4, 0.5) is 22.0 Å². The summed E-state index contributed by atoms with van der Waals surface area (Å²) in [5, 5.41) is 7.18. The maximum Gasteiger partial charge on any atom is 0.310 e. The first-order valence-corrected chi connectivity index (χ1v) is 8.49. The van der Waals surface area contributed by atoms with Crippen molar-refractivity contribution < 1.29 is 13.9 Å². The zero-order valence-corrected chi connectivity index (χ0v) is 15.7. The van der Waals surface area contributed by atoms with Gasteiger partial charge in [-0.15, -0.1) is 0 Å². The molecule has 0 aliphatic heterocycles. The summed E-state index contributed by atoms with van der Waals surface area (Å²) in [5.41, 5.74) is 8.80. The van der Waals surface area contributed by atoms with E-state index in [2.05, 4.69) is 25.4 Å². The number of rotatable bonds is 6. The van der Waals surface area contributed by atoms with E-state index in [-0.39, 0.29) is 36.6 Å². The number of nitrogens with one attached hydrogen (secondary N) is 1. The van der Waals surface area contributed by atoms with Crippen LogP contribution in [0.2, 0.25) is 0 Å². The number of benzene rings is 1. The zero-order valence-electron chi connectivity index (χ0n) is 15.7. The minimum atomic E-state index is -0.425. The summed E-state index contributed by atoms with van der Waals surface area (Å²) in [6, 6.07) is 5.68. The Balaban J connectivity index is 1.64. The number of nitrogens with two attached hydrogens (primary N) is 1. The normalized spacial score (nSPS) is 10.7. The van der Waals surface area contributed by atoms with Crippen LogP contribution in [0.3, 0.4) is 0 Å². The molecule has 0 amide bonds. The largest absolute Gasteiger partial charge is 0.457 e. The van der Waals surface area contributed by atoms with Gasteiger partial charge in [-0.05, 0) is 38.1 Å². The number of halogens is 1. The minimum absolute atomic E-state index is 0.0235. The molecule has 0 spiro atoms. The van der Waals surface area contributed by atoms with Crippen LogP contribution < -0.4 is 11.1 Å². The van der Waals surface area contributed by atoms with Crippen LogP contribution in [-0.4, -0.2) is 30.7 Å². The number of anilines is 3. The van der Waals surface area contributed by atoms with Gasteiger partial charge in [0.1, 0.15) is 5.82 Å². The van der Waals surface area contributed by atoms with Crippen molar-refractivity contribution in [1.29, 1.82) is 0 Å². The van der Waals surface area contributed by atoms with E-state index in [9.17, 15) is 9.18 Å². The second-order valence-corrected chi connectivity index (χ2v) is 6.18. The molecule has 3 N–H and O–H groups in total. The van der Waals surface area contributed by atoms with Crippen molar-refractivity contribution in [2.75, 3.05) is 11.1 Å². The molecule has 0 aliphatic rings. The van der Waals surface area contributed by atoms with Crippen molar-refractivity contribution in [3.63, 3.8) is 0 Å². The first-order valence-electron chi connectivity index (χ1n) is 8.49. The van der Waals surface area contributed by atoms with Gasteiger partial charge in [-0.1, -0.05) is 0 Å². The average molecular weight is 385 g/mol. The number of ether oxygens (including phenoxy) is 1. The van der Waals surface area contributed by atoms with E-state index in [1.807, 2.05) is 20.9 Å². The molecule has 3 aromatic rings. The fourth-order valence-electron chi connectivity index (χ4n) is 2.63. The van der Waals surface area contributed by atoms with E-state index in [0.717, 1.165) is 17.0 Å². The summed E-state index contributed by atoms with van der Waals surface area (Å²) in [6.07, 6.45) is 0.104. The SMILES string of the molecule is Cc1nn(C)c(C)c1CC(=O)OCc1nc(N)nc(Nc2ccc(F)cc2)n1. The summed E-state index contributed by atoms with van der Waals surface area (Å²) < 4.78 is 20.0. The van der Waals surface area contributed by atoms with E-state index in [1.54, 1.807) is 4.68 Å². The second-order valence-electron chi connectivity index (χ2n) is 6.18. The van der Waals surface area contributed by atoms with Gasteiger partial charge in [0.05, 0.1) is 12.1 Å². The molecule has 28 heavy (non-hydrogen) atoms. The number of carbonyl (C=O) groups is 1. The van der Waals surface area contributed by atoms with Crippen molar-refractivity contribution >= 4 is 23.6 Å². The van der Waals surface area contributed by atoms with Crippen LogP contribution in [0, 0.1) is 19.7 Å². The number of esters is 1. The fraction of sp³-hybridized carbons (Fsp3) is 0.278. The molecule has 2 aromatic heterocycles. The van der Waals surface area contributed by atoms with Crippen molar-refractivity contribution in [1.82, 2.24) is 24.7 Å². The highest BCUT2D eigenvalue weighted by Crippen LogP contribution is 2.15. The summed E-state index contributed by atoms with van der Waals surface area (Å²) in [6.45, 7) is 3.58. The molecule has 0 saturated carbocycles. The summed E-state index contributed by atoms with van der Waals surface area (Å²) in [5.74, 6) is -0.433. The Morgan fingerprint density at radius 2 is 1.93 bits per heavy atom. The van der Waals surface area contributed by atoms with Crippen molar-refractivity contribution in [3.05, 3.63) is 52.9 Å². The quantitative estimate of drug-likeness (QED) is 0.618. The van der Waals surface area contributed by atoms with Crippen molar-refractivity contribution in [3.8, 4) is 0 Å². The number of carbonyl (C=O) groups excluding carboxylic acids is 1. The molecule has 0 fully saturated rings. The molecule has 3 rings (SSSR count). The van der Waals surface area contributed by atoms with Gasteiger partial charge in [0.25, 0.3) is 0 Å². The molecule has 0 unspecified atom stereocenters. The van der Waals surface area contributed by atoms with Gasteiger partial charge in [-0.2, -0.15) is 20.1 Å². The highest BCUT2D eigenvalue weighted by Gasteiger charge is 2.15. The first-order chi connectivity index (χ1) is 13.3. The molecule has 0 atom stereocenters. The lowest BCUT2D eigenvalue weighted by Crippen LogP contribution is -2.13. The summed E-state index contributed by atoms with van der Waals surface area (Å²) >= 11 is 0. The average Bonchev–Trinajstić information content (AvgIpc) is 2.88. The third-order valence-electron chi connectivity index (χ3n) is 4.14. The lowest BCUT2D eigenvalue weighted by molar-refractivity contribution is -0.144. The van der Waals surface area contributed by atoms with E-state index in [1.165, 1.54) is 24.3 Å². The first kappa shape index (κ1) is 19.2. The molecule has 1 aromatic carbocycles. The van der Waals surface area contributed by atoms with Crippen LogP contribution >= 0.6 is 0 Å². The molecule has 0 bridgehead atoms. The molecule has 10 heteroatoms. The number of nitrogen functional groups attached to an aromatic ring is 1. The Labute approximate surface area is 160 Å². The van der Waals surface area contributed by atoms with Gasteiger partial charge in [0.2, 0.25) is 11.9 Å². The van der Waals surface area contributed by atoms with Crippen molar-refractivity contribution in [2.45, 2.75) is 26.9 Å². The highest BCUT2D eigenvalue weighted by atomic mass is 19.1. The Morgan fingerprint density at radius 1 is 1.21 bits per heavy atom. The predicted octanol–water partition coefficient (Wildman–Crippen LogP) is 1.97. The van der Waals surface area contributed by atoms with Gasteiger partial charge in [-0.3, -0.25) is 9.48 Å². The van der Waals surface area contributed by atoms with Gasteiger partial charge in [-0.25, -0.2) is 4.39 Å². The van der Waals surface area contributed by atoms with E-state index < -0.39 is 5.97 Å². The van der Waals surface area contributed by atoms with Crippen LogP contribution in [0.5, 0.6) is 0 Å². The van der Waals surface area contributed by atoms with Crippen LogP contribution in [-0.2, 0) is 29.6 Å². The Kier molecular flexibility index (Phi) is 5.48. The number of hydrogen-bond donors (Lipinski definition) is 2. The fourth-order valence-corrected chi connectivity index (χ4v) is 2.63. The van der Waals surface area contributed by atoms with E-state index in [4.69, 9.17) is 10.5 Å². The Hall–Kier alpha value is -3.56. The standard InChI is InChI=1S/C18H20FN7O2/c1-10-14(11(2)26(3)25-10)8-16(27)28-9-15-22-17(20)24-18(23-15)21-13-6-4-12(19)5-7-13/h4-7H,8-9H2,1-3H3,(H3,20,21,22,23,24). The van der Waals surface area contributed by atoms with Gasteiger partial charge < -0.3 is 15.8 Å². The molecule has 9 nitrogen and oxygen atoms in total. The van der Waals surface area contributed by atoms with Gasteiger partial charge in [0, 0.05) is 24.0 Å². The number of hydrogen-bond acceptors (Lipinski definition) is 8. The second kappa shape index (κ2) is 7.99. The molecule has 0 radical (unpaired) electrons. The van der Waals surface area contributed by atoms with Crippen LogP contribution in [0.15, 0.2) is 24.3 Å². The van der Waals surface area contributed by atoms with Crippen LogP contribution in [0.1, 0.15) is 22.8 Å². The molecular formula is C18H20FN7O2.